The van der Waals surface area contributed by atoms with E-state index in [1.165, 1.54) is 71.3 Å². The van der Waals surface area contributed by atoms with Crippen LogP contribution in [0.1, 0.15) is 25.0 Å². The molecule has 0 amide bonds. The maximum atomic E-state index is 5.54. The third kappa shape index (κ3) is 4.80. The van der Waals surface area contributed by atoms with Crippen LogP contribution in [0.2, 0.25) is 0 Å². The largest absolute Gasteiger partial charge is 0.277 e. The molecule has 2 heterocycles. The Morgan fingerprint density at radius 2 is 1.00 bits per heavy atom. The Balaban J connectivity index is 1.11. The number of aromatic nitrogens is 3. The van der Waals surface area contributed by atoms with Crippen molar-refractivity contribution in [2.45, 2.75) is 19.3 Å². The first-order valence-electron chi connectivity index (χ1n) is 20.1. The lowest BCUT2D eigenvalue weighted by Crippen LogP contribution is -2.14. The van der Waals surface area contributed by atoms with Crippen LogP contribution in [-0.2, 0) is 5.41 Å². The zero-order valence-corrected chi connectivity index (χ0v) is 32.2. The topological polar surface area (TPSA) is 30.7 Å². The monoisotopic (exact) mass is 739 g/mol. The molecule has 0 aliphatic heterocycles. The minimum absolute atomic E-state index is 0.0616. The summed E-state index contributed by atoms with van der Waals surface area (Å²) in [7, 11) is 0. The molecular weight excluding hydrogens is 703 g/mol. The zero-order valence-electron chi connectivity index (χ0n) is 32.2. The summed E-state index contributed by atoms with van der Waals surface area (Å²) in [5.41, 5.74) is 15.1. The lowest BCUT2D eigenvalue weighted by molar-refractivity contribution is 0.660. The van der Waals surface area contributed by atoms with E-state index in [1.807, 2.05) is 0 Å². The van der Waals surface area contributed by atoms with Gasteiger partial charge in [-0.05, 0) is 84.8 Å². The van der Waals surface area contributed by atoms with Gasteiger partial charge in [0.1, 0.15) is 0 Å². The fourth-order valence-corrected chi connectivity index (χ4v) is 9.75. The van der Waals surface area contributed by atoms with Crippen molar-refractivity contribution < 1.29 is 0 Å². The summed E-state index contributed by atoms with van der Waals surface area (Å²) >= 11 is 0. The molecule has 58 heavy (non-hydrogen) atoms. The van der Waals surface area contributed by atoms with E-state index in [0.717, 1.165) is 38.8 Å². The maximum absolute atomic E-state index is 5.54. The van der Waals surface area contributed by atoms with Crippen LogP contribution < -0.4 is 0 Å². The first-order valence-corrected chi connectivity index (χ1v) is 20.1. The molecule has 0 unspecified atom stereocenters. The summed E-state index contributed by atoms with van der Waals surface area (Å²) in [6.45, 7) is 4.68. The highest BCUT2D eigenvalue weighted by atomic mass is 15.2. The summed E-state index contributed by atoms with van der Waals surface area (Å²) in [5, 5.41) is 8.26. The predicted molar refractivity (Wildman–Crippen MR) is 243 cm³/mol. The number of fused-ring (bicyclic) bond motifs is 9. The Morgan fingerprint density at radius 3 is 1.86 bits per heavy atom. The Labute approximate surface area is 336 Å². The number of benzene rings is 9. The summed E-state index contributed by atoms with van der Waals surface area (Å²) in [5.74, 6) is 0.655. The highest BCUT2D eigenvalue weighted by Gasteiger charge is 2.35. The average Bonchev–Trinajstić information content (AvgIpc) is 3.72. The molecule has 1 aliphatic carbocycles. The number of para-hydroxylation sites is 2. The first-order chi connectivity index (χ1) is 28.5. The van der Waals surface area contributed by atoms with Crippen LogP contribution in [0.5, 0.6) is 0 Å². The molecule has 272 valence electrons. The predicted octanol–water partition coefficient (Wildman–Crippen LogP) is 14.3. The van der Waals surface area contributed by atoms with Gasteiger partial charge in [-0.1, -0.05) is 178 Å². The van der Waals surface area contributed by atoms with Crippen LogP contribution in [0, 0.1) is 0 Å². The van der Waals surface area contributed by atoms with Crippen LogP contribution in [0.25, 0.3) is 105 Å². The molecule has 11 aromatic rings. The Kier molecular flexibility index (Phi) is 6.98. The van der Waals surface area contributed by atoms with Crippen LogP contribution in [0.4, 0.5) is 0 Å². The van der Waals surface area contributed by atoms with Crippen molar-refractivity contribution in [2.24, 2.45) is 0 Å². The van der Waals surface area contributed by atoms with Crippen LogP contribution in [0.15, 0.2) is 188 Å². The minimum atomic E-state index is -0.0616. The molecule has 3 nitrogen and oxygen atoms in total. The summed E-state index contributed by atoms with van der Waals surface area (Å²) < 4.78 is 2.32. The Hall–Kier alpha value is -7.36. The van der Waals surface area contributed by atoms with Gasteiger partial charge in [-0.15, -0.1) is 0 Å². The molecule has 2 aromatic heterocycles. The quantitative estimate of drug-likeness (QED) is 0.180. The van der Waals surface area contributed by atoms with Crippen molar-refractivity contribution in [3.63, 3.8) is 0 Å². The standard InChI is InChI=1S/C55H37N3/c1-55(2)48-23-9-7-18-43(48)46-32-39(29-30-49(46)55)42-21-12-22-44-47-31-37-14-3-4-15-38(37)33-51(47)58(53(42)44)54-56-50-24-10-8-19-45(50)52(57-54)36-27-25-35(26-28-36)41-20-11-16-34-13-5-6-17-40(34)41/h3-33H,1-2H3. The number of hydrogen-bond acceptors (Lipinski definition) is 2. The molecule has 0 N–H and O–H groups in total. The minimum Gasteiger partial charge on any atom is -0.277 e. The van der Waals surface area contributed by atoms with E-state index in [9.17, 15) is 0 Å². The lowest BCUT2D eigenvalue weighted by Gasteiger charge is -2.21. The van der Waals surface area contributed by atoms with Gasteiger partial charge in [0.15, 0.2) is 0 Å². The fraction of sp³-hybridized carbons (Fsp3) is 0.0545. The van der Waals surface area contributed by atoms with E-state index in [-0.39, 0.29) is 5.41 Å². The van der Waals surface area contributed by atoms with Gasteiger partial charge < -0.3 is 0 Å². The van der Waals surface area contributed by atoms with Gasteiger partial charge in [-0.3, -0.25) is 4.57 Å². The molecule has 9 aromatic carbocycles. The van der Waals surface area contributed by atoms with E-state index in [2.05, 4.69) is 206 Å². The molecule has 0 atom stereocenters. The first kappa shape index (κ1) is 32.8. The second-order valence-electron chi connectivity index (χ2n) is 16.2. The van der Waals surface area contributed by atoms with Gasteiger partial charge in [0.05, 0.1) is 22.2 Å². The van der Waals surface area contributed by atoms with Crippen molar-refractivity contribution >= 4 is 54.3 Å². The molecule has 0 saturated heterocycles. The fourth-order valence-electron chi connectivity index (χ4n) is 9.75. The highest BCUT2D eigenvalue weighted by molar-refractivity contribution is 6.17. The SMILES string of the molecule is CC1(C)c2ccccc2-c2cc(-c3cccc4c5cc6ccccc6cc5n(-c5nc(-c6ccc(-c7cccc8ccccc78)cc6)c6ccccc6n5)c34)ccc21. The zero-order chi connectivity index (χ0) is 38.5. The van der Waals surface area contributed by atoms with Gasteiger partial charge >= 0.3 is 0 Å². The third-order valence-electron chi connectivity index (χ3n) is 12.6. The molecule has 0 fully saturated rings. The molecular formula is C55H37N3. The van der Waals surface area contributed by atoms with Crippen LogP contribution >= 0.6 is 0 Å². The van der Waals surface area contributed by atoms with Crippen molar-refractivity contribution in [2.75, 3.05) is 0 Å². The molecule has 3 heteroatoms. The molecule has 0 bridgehead atoms. The smallest absolute Gasteiger partial charge is 0.235 e. The van der Waals surface area contributed by atoms with Gasteiger partial charge in [-0.25, -0.2) is 9.97 Å². The van der Waals surface area contributed by atoms with Crippen LogP contribution in [-0.4, -0.2) is 14.5 Å². The summed E-state index contributed by atoms with van der Waals surface area (Å²) in [4.78, 5) is 10.9. The molecule has 12 rings (SSSR count). The van der Waals surface area contributed by atoms with E-state index in [0.29, 0.717) is 5.95 Å². The molecule has 1 aliphatic rings. The second kappa shape index (κ2) is 12.3. The number of rotatable bonds is 4. The molecule has 0 saturated carbocycles. The van der Waals surface area contributed by atoms with E-state index in [1.54, 1.807) is 0 Å². The van der Waals surface area contributed by atoms with E-state index < -0.39 is 0 Å². The molecule has 0 radical (unpaired) electrons. The van der Waals surface area contributed by atoms with Gasteiger partial charge in [0, 0.05) is 32.7 Å². The van der Waals surface area contributed by atoms with Crippen molar-refractivity contribution in [3.8, 4) is 50.6 Å². The van der Waals surface area contributed by atoms with Crippen molar-refractivity contribution in [1.29, 1.82) is 0 Å². The van der Waals surface area contributed by atoms with Crippen molar-refractivity contribution in [1.82, 2.24) is 14.5 Å². The number of hydrogen-bond donors (Lipinski definition) is 0. The number of nitrogens with zero attached hydrogens (tertiary/aromatic N) is 3. The van der Waals surface area contributed by atoms with Gasteiger partial charge in [-0.2, -0.15) is 0 Å². The lowest BCUT2D eigenvalue weighted by atomic mass is 9.82. The van der Waals surface area contributed by atoms with E-state index >= 15 is 0 Å². The Bertz CT molecular complexity index is 3470. The summed E-state index contributed by atoms with van der Waals surface area (Å²) in [6.07, 6.45) is 0. The van der Waals surface area contributed by atoms with Gasteiger partial charge in [0.2, 0.25) is 5.95 Å². The average molecular weight is 740 g/mol. The third-order valence-corrected chi connectivity index (χ3v) is 12.6. The van der Waals surface area contributed by atoms with Gasteiger partial charge in [0.25, 0.3) is 0 Å². The Morgan fingerprint density at radius 1 is 0.397 bits per heavy atom. The van der Waals surface area contributed by atoms with Crippen LogP contribution in [0.3, 0.4) is 0 Å². The maximum Gasteiger partial charge on any atom is 0.235 e. The normalized spacial score (nSPS) is 13.1. The van der Waals surface area contributed by atoms with Crippen molar-refractivity contribution in [3.05, 3.63) is 199 Å². The highest BCUT2D eigenvalue weighted by Crippen LogP contribution is 2.50. The summed E-state index contributed by atoms with van der Waals surface area (Å²) in [6, 6.07) is 68.3. The van der Waals surface area contributed by atoms with E-state index in [4.69, 9.17) is 9.97 Å². The molecule has 0 spiro atoms. The second-order valence-corrected chi connectivity index (χ2v) is 16.2.